The van der Waals surface area contributed by atoms with Crippen molar-refractivity contribution in [3.63, 3.8) is 0 Å². The van der Waals surface area contributed by atoms with Gasteiger partial charge in [0, 0.05) is 0 Å². The molecular formula is C14H18O3. The summed E-state index contributed by atoms with van der Waals surface area (Å²) in [6, 6.07) is 6.80. The van der Waals surface area contributed by atoms with Gasteiger partial charge in [-0.2, -0.15) is 0 Å². The number of carbonyl (C=O) groups excluding carboxylic acids is 1. The summed E-state index contributed by atoms with van der Waals surface area (Å²) >= 11 is 0. The van der Waals surface area contributed by atoms with Crippen LogP contribution in [0.25, 0.3) is 0 Å². The van der Waals surface area contributed by atoms with Crippen molar-refractivity contribution >= 4 is 5.97 Å². The van der Waals surface area contributed by atoms with Crippen molar-refractivity contribution < 1.29 is 14.3 Å². The van der Waals surface area contributed by atoms with Crippen LogP contribution in [0.2, 0.25) is 0 Å². The van der Waals surface area contributed by atoms with E-state index >= 15 is 0 Å². The normalized spacial score (nSPS) is 11.5. The van der Waals surface area contributed by atoms with Crippen molar-refractivity contribution in [2.75, 3.05) is 7.11 Å². The first kappa shape index (κ1) is 13.3. The van der Waals surface area contributed by atoms with Crippen LogP contribution in [0.5, 0.6) is 5.75 Å². The van der Waals surface area contributed by atoms with Crippen molar-refractivity contribution in [1.82, 2.24) is 0 Å². The molecule has 0 aliphatic rings. The minimum atomic E-state index is -0.367. The fraction of sp³-hybridized carbons (Fsp3) is 0.357. The van der Waals surface area contributed by atoms with E-state index in [4.69, 9.17) is 9.47 Å². The lowest BCUT2D eigenvalue weighted by Crippen LogP contribution is -2.03. The fourth-order valence-electron chi connectivity index (χ4n) is 1.10. The Balaban J connectivity index is 2.61. The molecule has 0 heterocycles. The maximum atomic E-state index is 11.6. The summed E-state index contributed by atoms with van der Waals surface area (Å²) in [6.07, 6.45) is 3.28. The van der Waals surface area contributed by atoms with Gasteiger partial charge < -0.3 is 9.47 Å². The molecule has 0 radical (unpaired) electrons. The number of methoxy groups -OCH3 is 1. The van der Waals surface area contributed by atoms with Crippen LogP contribution >= 0.6 is 0 Å². The summed E-state index contributed by atoms with van der Waals surface area (Å²) in [5, 5.41) is 0. The van der Waals surface area contributed by atoms with Crippen LogP contribution in [0.1, 0.15) is 31.1 Å². The van der Waals surface area contributed by atoms with Crippen LogP contribution in [-0.4, -0.2) is 13.1 Å². The molecule has 0 unspecified atom stereocenters. The van der Waals surface area contributed by atoms with Crippen LogP contribution < -0.4 is 4.74 Å². The fourth-order valence-corrected chi connectivity index (χ4v) is 1.10. The highest BCUT2D eigenvalue weighted by molar-refractivity contribution is 5.89. The second-order valence-corrected chi connectivity index (χ2v) is 4.80. The average Bonchev–Trinajstić information content (AvgIpc) is 2.27. The summed E-state index contributed by atoms with van der Waals surface area (Å²) in [4.78, 5) is 11.6. The van der Waals surface area contributed by atoms with Crippen LogP contribution in [0.15, 0.2) is 36.6 Å². The molecule has 0 fully saturated rings. The quantitative estimate of drug-likeness (QED) is 0.594. The second kappa shape index (κ2) is 5.53. The zero-order valence-electron chi connectivity index (χ0n) is 10.7. The third kappa shape index (κ3) is 4.72. The summed E-state index contributed by atoms with van der Waals surface area (Å²) < 4.78 is 10.0. The smallest absolute Gasteiger partial charge is 0.342 e. The Kier molecular flexibility index (Phi) is 4.32. The summed E-state index contributed by atoms with van der Waals surface area (Å²) in [5.41, 5.74) is 0.504. The summed E-state index contributed by atoms with van der Waals surface area (Å²) in [5.74, 6) is 0.347. The van der Waals surface area contributed by atoms with E-state index < -0.39 is 0 Å². The zero-order valence-corrected chi connectivity index (χ0v) is 10.7. The number of carbonyl (C=O) groups is 1. The van der Waals surface area contributed by atoms with Gasteiger partial charge in [-0.15, -0.1) is 0 Å². The number of hydrogen-bond donors (Lipinski definition) is 0. The first-order valence-corrected chi connectivity index (χ1v) is 5.45. The van der Waals surface area contributed by atoms with Crippen LogP contribution in [0.4, 0.5) is 0 Å². The maximum absolute atomic E-state index is 11.6. The van der Waals surface area contributed by atoms with Crippen molar-refractivity contribution in [3.05, 3.63) is 42.2 Å². The molecule has 0 atom stereocenters. The molecule has 17 heavy (non-hydrogen) atoms. The van der Waals surface area contributed by atoms with E-state index in [0.717, 1.165) is 0 Å². The van der Waals surface area contributed by atoms with E-state index in [9.17, 15) is 4.79 Å². The first-order valence-electron chi connectivity index (χ1n) is 5.45. The van der Waals surface area contributed by atoms with Gasteiger partial charge in [0.05, 0.1) is 18.9 Å². The lowest BCUT2D eigenvalue weighted by Gasteiger charge is -2.10. The molecule has 0 aromatic heterocycles. The van der Waals surface area contributed by atoms with Gasteiger partial charge >= 0.3 is 5.97 Å². The number of allylic oxidation sites excluding steroid dienone is 1. The summed E-state index contributed by atoms with van der Waals surface area (Å²) in [7, 11) is 1.58. The van der Waals surface area contributed by atoms with Crippen LogP contribution in [0, 0.1) is 5.41 Å². The Hall–Kier alpha value is -1.77. The molecule has 92 valence electrons. The molecule has 0 amide bonds. The third-order valence-corrected chi connectivity index (χ3v) is 2.07. The van der Waals surface area contributed by atoms with E-state index in [1.165, 1.54) is 6.26 Å². The highest BCUT2D eigenvalue weighted by Gasteiger charge is 2.07. The highest BCUT2D eigenvalue weighted by Crippen LogP contribution is 2.15. The van der Waals surface area contributed by atoms with E-state index in [2.05, 4.69) is 0 Å². The monoisotopic (exact) mass is 234 g/mol. The van der Waals surface area contributed by atoms with Gasteiger partial charge in [0.2, 0.25) is 0 Å². The molecule has 0 N–H and O–H groups in total. The lowest BCUT2D eigenvalue weighted by molar-refractivity contribution is 0.0660. The Morgan fingerprint density at radius 1 is 1.18 bits per heavy atom. The Morgan fingerprint density at radius 2 is 1.76 bits per heavy atom. The minimum absolute atomic E-state index is 0.000187. The topological polar surface area (TPSA) is 35.5 Å². The molecule has 0 saturated heterocycles. The first-order chi connectivity index (χ1) is 7.92. The van der Waals surface area contributed by atoms with E-state index in [1.54, 1.807) is 31.4 Å². The number of hydrogen-bond acceptors (Lipinski definition) is 3. The van der Waals surface area contributed by atoms with Gasteiger partial charge in [-0.25, -0.2) is 4.79 Å². The van der Waals surface area contributed by atoms with Gasteiger partial charge in [0.25, 0.3) is 0 Å². The van der Waals surface area contributed by atoms with Crippen molar-refractivity contribution in [2.45, 2.75) is 20.8 Å². The molecule has 3 heteroatoms. The van der Waals surface area contributed by atoms with E-state index in [1.807, 2.05) is 26.8 Å². The predicted octanol–water partition coefficient (Wildman–Crippen LogP) is 3.41. The molecule has 0 aliphatic heterocycles. The molecule has 1 rings (SSSR count). The third-order valence-electron chi connectivity index (χ3n) is 2.07. The molecule has 0 bridgehead atoms. The largest absolute Gasteiger partial charge is 0.497 e. The number of benzene rings is 1. The van der Waals surface area contributed by atoms with E-state index in [0.29, 0.717) is 11.3 Å². The highest BCUT2D eigenvalue weighted by atomic mass is 16.5. The minimum Gasteiger partial charge on any atom is -0.497 e. The SMILES string of the molecule is COc1ccc(C(=O)O/C=C\C(C)(C)C)cc1. The Morgan fingerprint density at radius 3 is 2.24 bits per heavy atom. The predicted molar refractivity (Wildman–Crippen MR) is 67.0 cm³/mol. The van der Waals surface area contributed by atoms with Crippen molar-refractivity contribution in [1.29, 1.82) is 0 Å². The molecule has 1 aromatic rings. The van der Waals surface area contributed by atoms with Gasteiger partial charge in [0.1, 0.15) is 5.75 Å². The lowest BCUT2D eigenvalue weighted by atomic mass is 9.97. The Labute approximate surface area is 102 Å². The van der Waals surface area contributed by atoms with Crippen molar-refractivity contribution in [2.24, 2.45) is 5.41 Å². The van der Waals surface area contributed by atoms with E-state index in [-0.39, 0.29) is 11.4 Å². The van der Waals surface area contributed by atoms with Crippen molar-refractivity contribution in [3.8, 4) is 5.75 Å². The standard InChI is InChI=1S/C14H18O3/c1-14(2,3)9-10-17-13(15)11-5-7-12(16-4)8-6-11/h5-10H,1-4H3/b10-9-. The molecule has 0 spiro atoms. The molecule has 0 aliphatic carbocycles. The second-order valence-electron chi connectivity index (χ2n) is 4.80. The van der Waals surface area contributed by atoms with Gasteiger partial charge in [-0.1, -0.05) is 20.8 Å². The van der Waals surface area contributed by atoms with Gasteiger partial charge in [-0.3, -0.25) is 0 Å². The molecule has 1 aromatic carbocycles. The maximum Gasteiger partial charge on any atom is 0.342 e. The summed E-state index contributed by atoms with van der Waals surface area (Å²) in [6.45, 7) is 6.10. The molecular weight excluding hydrogens is 216 g/mol. The van der Waals surface area contributed by atoms with Gasteiger partial charge in [0.15, 0.2) is 0 Å². The number of ether oxygens (including phenoxy) is 2. The number of esters is 1. The van der Waals surface area contributed by atoms with Crippen LogP contribution in [0.3, 0.4) is 0 Å². The van der Waals surface area contributed by atoms with Gasteiger partial charge in [-0.05, 0) is 35.8 Å². The zero-order chi connectivity index (χ0) is 12.9. The number of rotatable bonds is 3. The average molecular weight is 234 g/mol. The van der Waals surface area contributed by atoms with Crippen LogP contribution in [-0.2, 0) is 4.74 Å². The Bertz CT molecular complexity index is 396. The molecule has 3 nitrogen and oxygen atoms in total. The molecule has 0 saturated carbocycles.